The van der Waals surface area contributed by atoms with E-state index < -0.39 is 17.4 Å². The molecule has 2 aromatic carbocycles. The van der Waals surface area contributed by atoms with Crippen LogP contribution in [0.3, 0.4) is 0 Å². The van der Waals surface area contributed by atoms with Gasteiger partial charge in [-0.15, -0.1) is 0 Å². The van der Waals surface area contributed by atoms with Crippen molar-refractivity contribution in [3.05, 3.63) is 66.2 Å². The van der Waals surface area contributed by atoms with Gasteiger partial charge in [-0.05, 0) is 26.0 Å². The van der Waals surface area contributed by atoms with Crippen molar-refractivity contribution >= 4 is 11.8 Å². The second-order valence-electron chi connectivity index (χ2n) is 5.59. The number of rotatable bonds is 2. The van der Waals surface area contributed by atoms with Crippen molar-refractivity contribution in [1.29, 1.82) is 0 Å². The van der Waals surface area contributed by atoms with Crippen LogP contribution in [0.15, 0.2) is 60.7 Å². The predicted molar refractivity (Wildman–Crippen MR) is 79.8 cm³/mol. The van der Waals surface area contributed by atoms with E-state index in [1.807, 2.05) is 36.4 Å². The molecule has 1 aliphatic rings. The first kappa shape index (κ1) is 13.6. The molecule has 3 rings (SSSR count). The summed E-state index contributed by atoms with van der Waals surface area (Å²) < 4.78 is 5.42. The van der Waals surface area contributed by atoms with Crippen molar-refractivity contribution in [2.24, 2.45) is 0 Å². The molecule has 0 saturated carbocycles. The number of aliphatic hydroxyl groups is 1. The Morgan fingerprint density at radius 3 is 2.05 bits per heavy atom. The third kappa shape index (κ3) is 1.91. The molecular weight excluding hydrogens is 266 g/mol. The number of benzene rings is 2. The summed E-state index contributed by atoms with van der Waals surface area (Å²) in [5.74, 6) is 0. The maximum atomic E-state index is 12.3. The molecule has 0 radical (unpaired) electrons. The minimum Gasteiger partial charge on any atom is -0.437 e. The first-order valence-electron chi connectivity index (χ1n) is 6.83. The van der Waals surface area contributed by atoms with Crippen molar-refractivity contribution in [2.75, 3.05) is 4.90 Å². The first-order valence-corrected chi connectivity index (χ1v) is 6.83. The average molecular weight is 283 g/mol. The molecule has 108 valence electrons. The second-order valence-corrected chi connectivity index (χ2v) is 5.59. The number of nitrogens with zero attached hydrogens (tertiary/aromatic N) is 1. The number of carbonyl (C=O) groups is 1. The molecule has 1 amide bonds. The molecule has 0 bridgehead atoms. The molecule has 4 nitrogen and oxygen atoms in total. The Kier molecular flexibility index (Phi) is 2.99. The van der Waals surface area contributed by atoms with Gasteiger partial charge in [-0.1, -0.05) is 48.5 Å². The number of hydrogen-bond donors (Lipinski definition) is 1. The lowest BCUT2D eigenvalue weighted by molar-refractivity contribution is -0.0900. The summed E-state index contributed by atoms with van der Waals surface area (Å²) in [6.45, 7) is 3.42. The van der Waals surface area contributed by atoms with Gasteiger partial charge in [0.1, 0.15) is 0 Å². The molecule has 21 heavy (non-hydrogen) atoms. The van der Waals surface area contributed by atoms with E-state index in [0.29, 0.717) is 11.3 Å². The normalized spacial score (nSPS) is 24.0. The number of carbonyl (C=O) groups excluding carboxylic acids is 1. The zero-order valence-corrected chi connectivity index (χ0v) is 12.0. The van der Waals surface area contributed by atoms with Crippen molar-refractivity contribution in [3.8, 4) is 0 Å². The predicted octanol–water partition coefficient (Wildman–Crippen LogP) is 3.27. The van der Waals surface area contributed by atoms with Gasteiger partial charge >= 0.3 is 6.09 Å². The van der Waals surface area contributed by atoms with Crippen molar-refractivity contribution in [1.82, 2.24) is 0 Å². The molecule has 1 N–H and O–H groups in total. The SMILES string of the molecule is CC1(C)OC(=O)N(c2ccccc2)C1(O)c1ccccc1. The van der Waals surface area contributed by atoms with Crippen LogP contribution in [0.4, 0.5) is 10.5 Å². The van der Waals surface area contributed by atoms with Crippen LogP contribution in [0.25, 0.3) is 0 Å². The van der Waals surface area contributed by atoms with Gasteiger partial charge in [0.25, 0.3) is 0 Å². The number of para-hydroxylation sites is 1. The van der Waals surface area contributed by atoms with E-state index in [2.05, 4.69) is 0 Å². The zero-order valence-electron chi connectivity index (χ0n) is 12.0. The number of anilines is 1. The molecule has 0 aliphatic carbocycles. The van der Waals surface area contributed by atoms with Crippen LogP contribution in [0, 0.1) is 0 Å². The van der Waals surface area contributed by atoms with E-state index in [1.165, 1.54) is 4.90 Å². The highest BCUT2D eigenvalue weighted by Crippen LogP contribution is 2.46. The highest BCUT2D eigenvalue weighted by atomic mass is 16.6. The van der Waals surface area contributed by atoms with Gasteiger partial charge in [0.15, 0.2) is 5.60 Å². The Bertz CT molecular complexity index is 654. The molecule has 1 fully saturated rings. The molecule has 1 unspecified atom stereocenters. The number of amides is 1. The Labute approximate surface area is 123 Å². The van der Waals surface area contributed by atoms with Crippen LogP contribution in [-0.4, -0.2) is 16.8 Å². The van der Waals surface area contributed by atoms with Crippen LogP contribution in [0.1, 0.15) is 19.4 Å². The molecule has 0 spiro atoms. The Balaban J connectivity index is 2.20. The molecule has 1 saturated heterocycles. The number of ether oxygens (including phenoxy) is 1. The van der Waals surface area contributed by atoms with Gasteiger partial charge in [0.2, 0.25) is 5.72 Å². The largest absolute Gasteiger partial charge is 0.437 e. The lowest BCUT2D eigenvalue weighted by atomic mass is 9.86. The van der Waals surface area contributed by atoms with Gasteiger partial charge < -0.3 is 9.84 Å². The lowest BCUT2D eigenvalue weighted by Gasteiger charge is -2.38. The van der Waals surface area contributed by atoms with Crippen LogP contribution in [0.5, 0.6) is 0 Å². The molecular formula is C17H17NO3. The Hall–Kier alpha value is -2.33. The van der Waals surface area contributed by atoms with Crippen LogP contribution >= 0.6 is 0 Å². The van der Waals surface area contributed by atoms with Crippen molar-refractivity contribution < 1.29 is 14.6 Å². The van der Waals surface area contributed by atoms with Gasteiger partial charge in [-0.25, -0.2) is 9.69 Å². The summed E-state index contributed by atoms with van der Waals surface area (Å²) in [5.41, 5.74) is -1.42. The number of cyclic esters (lactones) is 1. The fourth-order valence-electron chi connectivity index (χ4n) is 2.75. The summed E-state index contributed by atoms with van der Waals surface area (Å²) in [7, 11) is 0. The third-order valence-electron chi connectivity index (χ3n) is 3.88. The van der Waals surface area contributed by atoms with Crippen LogP contribution < -0.4 is 4.90 Å². The van der Waals surface area contributed by atoms with Crippen LogP contribution in [-0.2, 0) is 10.5 Å². The summed E-state index contributed by atoms with van der Waals surface area (Å²) in [6, 6.07) is 18.2. The summed E-state index contributed by atoms with van der Waals surface area (Å²) in [4.78, 5) is 13.6. The molecule has 1 aliphatic heterocycles. The van der Waals surface area contributed by atoms with Gasteiger partial charge in [-0.3, -0.25) is 0 Å². The standard InChI is InChI=1S/C17H17NO3/c1-16(2)17(20,13-9-5-3-6-10-13)18(15(19)21-16)14-11-7-4-8-12-14/h3-12,20H,1-2H3. The first-order chi connectivity index (χ1) is 9.97. The summed E-state index contributed by atoms with van der Waals surface area (Å²) in [5, 5.41) is 11.4. The molecule has 2 aromatic rings. The summed E-state index contributed by atoms with van der Waals surface area (Å²) >= 11 is 0. The van der Waals surface area contributed by atoms with E-state index in [9.17, 15) is 9.90 Å². The molecule has 1 heterocycles. The van der Waals surface area contributed by atoms with Crippen LogP contribution in [0.2, 0.25) is 0 Å². The maximum Gasteiger partial charge on any atom is 0.417 e. The van der Waals surface area contributed by atoms with Gasteiger partial charge in [-0.2, -0.15) is 0 Å². The fraction of sp³-hybridized carbons (Fsp3) is 0.235. The molecule has 1 atom stereocenters. The minimum atomic E-state index is -1.56. The quantitative estimate of drug-likeness (QED) is 0.920. The highest BCUT2D eigenvalue weighted by Gasteiger charge is 2.61. The third-order valence-corrected chi connectivity index (χ3v) is 3.88. The zero-order chi connectivity index (χ0) is 15.1. The molecule has 0 aromatic heterocycles. The van der Waals surface area contributed by atoms with E-state index >= 15 is 0 Å². The van der Waals surface area contributed by atoms with E-state index in [1.54, 1.807) is 38.1 Å². The van der Waals surface area contributed by atoms with E-state index in [-0.39, 0.29) is 0 Å². The Morgan fingerprint density at radius 2 is 1.48 bits per heavy atom. The van der Waals surface area contributed by atoms with E-state index in [0.717, 1.165) is 0 Å². The Morgan fingerprint density at radius 1 is 0.952 bits per heavy atom. The van der Waals surface area contributed by atoms with Gasteiger partial charge in [0.05, 0.1) is 5.69 Å². The fourth-order valence-corrected chi connectivity index (χ4v) is 2.75. The monoisotopic (exact) mass is 283 g/mol. The average Bonchev–Trinajstić information content (AvgIpc) is 2.67. The smallest absolute Gasteiger partial charge is 0.417 e. The van der Waals surface area contributed by atoms with Crippen molar-refractivity contribution in [2.45, 2.75) is 25.2 Å². The lowest BCUT2D eigenvalue weighted by Crippen LogP contribution is -2.53. The van der Waals surface area contributed by atoms with Gasteiger partial charge in [0, 0.05) is 5.56 Å². The molecule has 4 heteroatoms. The topological polar surface area (TPSA) is 49.8 Å². The highest BCUT2D eigenvalue weighted by molar-refractivity contribution is 5.92. The minimum absolute atomic E-state index is 0.558. The number of hydrogen-bond acceptors (Lipinski definition) is 3. The summed E-state index contributed by atoms with van der Waals surface area (Å²) in [6.07, 6.45) is -0.558. The van der Waals surface area contributed by atoms with Crippen molar-refractivity contribution in [3.63, 3.8) is 0 Å². The second kappa shape index (κ2) is 4.60. The van der Waals surface area contributed by atoms with E-state index in [4.69, 9.17) is 4.74 Å². The maximum absolute atomic E-state index is 12.3.